The first-order chi connectivity index (χ1) is 5.86. The predicted molar refractivity (Wildman–Crippen MR) is 50.0 cm³/mol. The number of H-pyrrole nitrogens is 1. The molecule has 0 fully saturated rings. The normalized spacial score (nSPS) is 9.25. The van der Waals surface area contributed by atoms with Crippen molar-refractivity contribution >= 4 is 11.0 Å². The lowest BCUT2D eigenvalue weighted by atomic mass is 10.2. The van der Waals surface area contributed by atoms with Gasteiger partial charge in [-0.25, -0.2) is 0 Å². The lowest BCUT2D eigenvalue weighted by Crippen LogP contribution is -1.71. The van der Waals surface area contributed by atoms with E-state index in [1.54, 1.807) is 0 Å². The fraction of sp³-hybridized carbons (Fsp3) is 0.333. The molecule has 12 heavy (non-hydrogen) atoms. The zero-order chi connectivity index (χ0) is 8.97. The van der Waals surface area contributed by atoms with Crippen molar-refractivity contribution < 1.29 is 0 Å². The molecule has 1 aromatic carbocycles. The van der Waals surface area contributed by atoms with Crippen LogP contribution < -0.4 is 0 Å². The fourth-order valence-electron chi connectivity index (χ4n) is 0.950. The van der Waals surface area contributed by atoms with E-state index in [0.717, 1.165) is 11.0 Å². The second-order valence-corrected chi connectivity index (χ2v) is 2.32. The van der Waals surface area contributed by atoms with Crippen LogP contribution in [0.4, 0.5) is 0 Å². The molecule has 3 nitrogen and oxygen atoms in total. The first kappa shape index (κ1) is 8.71. The van der Waals surface area contributed by atoms with Gasteiger partial charge < -0.3 is 0 Å². The van der Waals surface area contributed by atoms with Gasteiger partial charge in [0.1, 0.15) is 11.0 Å². The van der Waals surface area contributed by atoms with Gasteiger partial charge in [-0.3, -0.25) is 0 Å². The number of nitrogens with one attached hydrogen (secondary N) is 1. The van der Waals surface area contributed by atoms with Gasteiger partial charge in [-0.15, -0.1) is 0 Å². The molecular weight excluding hydrogens is 150 g/mol. The molecule has 1 N–H and O–H groups in total. The molecule has 1 heterocycles. The number of nitrogens with zero attached hydrogens (tertiary/aromatic N) is 2. The summed E-state index contributed by atoms with van der Waals surface area (Å²) < 4.78 is 0. The maximum Gasteiger partial charge on any atom is 0.113 e. The molecule has 0 aliphatic carbocycles. The van der Waals surface area contributed by atoms with E-state index in [1.165, 1.54) is 5.56 Å². The first-order valence-electron chi connectivity index (χ1n) is 4.13. The van der Waals surface area contributed by atoms with Crippen molar-refractivity contribution in [1.82, 2.24) is 15.4 Å². The number of aromatic amines is 1. The average molecular weight is 163 g/mol. The maximum absolute atomic E-state index is 3.94. The molecule has 2 aromatic rings. The molecular formula is C9H13N3. The number of hydrogen-bond acceptors (Lipinski definition) is 2. The Morgan fingerprint density at radius 2 is 1.75 bits per heavy atom. The fourth-order valence-corrected chi connectivity index (χ4v) is 0.950. The largest absolute Gasteiger partial charge is 0.197 e. The van der Waals surface area contributed by atoms with Crippen LogP contribution in [0.1, 0.15) is 19.4 Å². The van der Waals surface area contributed by atoms with Crippen LogP contribution >= 0.6 is 0 Å². The van der Waals surface area contributed by atoms with Gasteiger partial charge in [0.05, 0.1) is 0 Å². The van der Waals surface area contributed by atoms with Gasteiger partial charge in [-0.05, 0) is 24.6 Å². The third-order valence-corrected chi connectivity index (χ3v) is 1.47. The van der Waals surface area contributed by atoms with Gasteiger partial charge in [-0.2, -0.15) is 15.4 Å². The van der Waals surface area contributed by atoms with Crippen LogP contribution in [0.3, 0.4) is 0 Å². The molecule has 0 saturated heterocycles. The standard InChI is InChI=1S/C7H7N3.C2H6/c1-5-2-3-6-7(4-5)9-10-8-6;1-2/h2-4H,1H3,(H,8,9,10);1-2H3. The number of aromatic nitrogens is 3. The molecule has 1 aromatic heterocycles. The van der Waals surface area contributed by atoms with Gasteiger partial charge in [0.15, 0.2) is 0 Å². The molecule has 3 heteroatoms. The predicted octanol–water partition coefficient (Wildman–Crippen LogP) is 2.29. The van der Waals surface area contributed by atoms with E-state index in [-0.39, 0.29) is 0 Å². The molecule has 0 aliphatic heterocycles. The summed E-state index contributed by atoms with van der Waals surface area (Å²) in [7, 11) is 0. The van der Waals surface area contributed by atoms with Gasteiger partial charge in [0.2, 0.25) is 0 Å². The Kier molecular flexibility index (Phi) is 2.80. The molecule has 0 atom stereocenters. The van der Waals surface area contributed by atoms with Crippen LogP contribution in [0.25, 0.3) is 11.0 Å². The quantitative estimate of drug-likeness (QED) is 0.647. The molecule has 0 amide bonds. The summed E-state index contributed by atoms with van der Waals surface area (Å²) in [5, 5.41) is 10.4. The van der Waals surface area contributed by atoms with Crippen LogP contribution in [0, 0.1) is 6.92 Å². The Hall–Kier alpha value is -1.38. The highest BCUT2D eigenvalue weighted by atomic mass is 15.3. The highest BCUT2D eigenvalue weighted by Crippen LogP contribution is 2.08. The molecule has 0 bridgehead atoms. The summed E-state index contributed by atoms with van der Waals surface area (Å²) in [5.41, 5.74) is 3.06. The zero-order valence-electron chi connectivity index (χ0n) is 7.63. The van der Waals surface area contributed by atoms with Crippen LogP contribution in [0.15, 0.2) is 18.2 Å². The van der Waals surface area contributed by atoms with Crippen LogP contribution in [0.5, 0.6) is 0 Å². The molecule has 0 radical (unpaired) electrons. The minimum atomic E-state index is 0.922. The summed E-state index contributed by atoms with van der Waals surface area (Å²) in [6.45, 7) is 6.04. The summed E-state index contributed by atoms with van der Waals surface area (Å²) in [5.74, 6) is 0. The summed E-state index contributed by atoms with van der Waals surface area (Å²) in [6, 6.07) is 5.97. The molecule has 0 spiro atoms. The zero-order valence-corrected chi connectivity index (χ0v) is 7.63. The third-order valence-electron chi connectivity index (χ3n) is 1.47. The highest BCUT2D eigenvalue weighted by Gasteiger charge is 1.94. The first-order valence-corrected chi connectivity index (χ1v) is 4.13. The Labute approximate surface area is 71.8 Å². The van der Waals surface area contributed by atoms with Crippen molar-refractivity contribution in [2.45, 2.75) is 20.8 Å². The smallest absolute Gasteiger partial charge is 0.113 e. The summed E-state index contributed by atoms with van der Waals surface area (Å²) in [6.07, 6.45) is 0. The molecule has 0 unspecified atom stereocenters. The topological polar surface area (TPSA) is 41.6 Å². The lowest BCUT2D eigenvalue weighted by Gasteiger charge is -1.87. The molecule has 2 rings (SSSR count). The van der Waals surface area contributed by atoms with Crippen molar-refractivity contribution in [1.29, 1.82) is 0 Å². The number of fused-ring (bicyclic) bond motifs is 1. The average Bonchev–Trinajstić information content (AvgIpc) is 2.54. The number of rotatable bonds is 0. The van der Waals surface area contributed by atoms with Crippen LogP contribution in [-0.4, -0.2) is 15.4 Å². The lowest BCUT2D eigenvalue weighted by molar-refractivity contribution is 0.959. The highest BCUT2D eigenvalue weighted by molar-refractivity contribution is 5.73. The molecule has 0 aliphatic rings. The third kappa shape index (κ3) is 1.61. The summed E-state index contributed by atoms with van der Waals surface area (Å²) >= 11 is 0. The Morgan fingerprint density at radius 3 is 2.50 bits per heavy atom. The number of aryl methyl sites for hydroxylation is 1. The molecule has 64 valence electrons. The van der Waals surface area contributed by atoms with E-state index in [2.05, 4.69) is 15.4 Å². The van der Waals surface area contributed by atoms with Crippen molar-refractivity contribution in [3.05, 3.63) is 23.8 Å². The van der Waals surface area contributed by atoms with E-state index >= 15 is 0 Å². The Morgan fingerprint density at radius 1 is 1.08 bits per heavy atom. The van der Waals surface area contributed by atoms with E-state index in [4.69, 9.17) is 0 Å². The summed E-state index contributed by atoms with van der Waals surface area (Å²) in [4.78, 5) is 0. The van der Waals surface area contributed by atoms with E-state index < -0.39 is 0 Å². The van der Waals surface area contributed by atoms with Crippen LogP contribution in [0.2, 0.25) is 0 Å². The minimum absolute atomic E-state index is 0.922. The van der Waals surface area contributed by atoms with Crippen molar-refractivity contribution in [2.24, 2.45) is 0 Å². The van der Waals surface area contributed by atoms with Crippen molar-refractivity contribution in [2.75, 3.05) is 0 Å². The van der Waals surface area contributed by atoms with E-state index in [1.807, 2.05) is 39.0 Å². The molecule has 0 saturated carbocycles. The van der Waals surface area contributed by atoms with Gasteiger partial charge in [0, 0.05) is 0 Å². The Bertz CT molecular complexity index is 351. The Balaban J connectivity index is 0.000000336. The number of hydrogen-bond donors (Lipinski definition) is 1. The minimum Gasteiger partial charge on any atom is -0.197 e. The van der Waals surface area contributed by atoms with Gasteiger partial charge in [0.25, 0.3) is 0 Å². The van der Waals surface area contributed by atoms with Crippen molar-refractivity contribution in [3.63, 3.8) is 0 Å². The van der Waals surface area contributed by atoms with E-state index in [9.17, 15) is 0 Å². The monoisotopic (exact) mass is 163 g/mol. The van der Waals surface area contributed by atoms with Gasteiger partial charge in [-0.1, -0.05) is 19.9 Å². The second-order valence-electron chi connectivity index (χ2n) is 2.32. The van der Waals surface area contributed by atoms with Gasteiger partial charge >= 0.3 is 0 Å². The van der Waals surface area contributed by atoms with Crippen LogP contribution in [-0.2, 0) is 0 Å². The van der Waals surface area contributed by atoms with Crippen molar-refractivity contribution in [3.8, 4) is 0 Å². The second kappa shape index (κ2) is 3.85. The SMILES string of the molecule is CC.Cc1ccc2n[nH]nc2c1. The maximum atomic E-state index is 3.94. The number of benzene rings is 1. The van der Waals surface area contributed by atoms with E-state index in [0.29, 0.717) is 0 Å².